The topological polar surface area (TPSA) is 29.3 Å². The van der Waals surface area contributed by atoms with E-state index in [0.717, 1.165) is 18.2 Å². The van der Waals surface area contributed by atoms with Crippen molar-refractivity contribution in [2.75, 3.05) is 12.3 Å². The first-order valence-corrected chi connectivity index (χ1v) is 7.31. The Bertz CT molecular complexity index is 375. The van der Waals surface area contributed by atoms with Gasteiger partial charge in [0.05, 0.1) is 0 Å². The van der Waals surface area contributed by atoms with Crippen LogP contribution in [0.2, 0.25) is 0 Å². The summed E-state index contributed by atoms with van der Waals surface area (Å²) in [5.41, 5.74) is 8.10. The number of nitrogens with two attached hydrogens (primary N) is 1. The minimum atomic E-state index is 0.622. The summed E-state index contributed by atoms with van der Waals surface area (Å²) in [5, 5.41) is 0. The third-order valence-corrected chi connectivity index (χ3v) is 4.19. The Morgan fingerprint density at radius 2 is 2.22 bits per heavy atom. The van der Waals surface area contributed by atoms with Gasteiger partial charge >= 0.3 is 0 Å². The number of rotatable bonds is 4. The maximum absolute atomic E-state index is 5.85. The smallest absolute Gasteiger partial charge is 0.0316 e. The molecule has 2 atom stereocenters. The fraction of sp³-hybridized carbons (Fsp3) is 0.625. The Morgan fingerprint density at radius 3 is 2.94 bits per heavy atom. The van der Waals surface area contributed by atoms with E-state index in [-0.39, 0.29) is 0 Å². The monoisotopic (exact) mass is 246 g/mol. The minimum Gasteiger partial charge on any atom is -0.399 e. The van der Waals surface area contributed by atoms with Crippen molar-refractivity contribution >= 4 is 5.69 Å². The molecule has 2 nitrogen and oxygen atoms in total. The number of benzene rings is 1. The van der Waals surface area contributed by atoms with Gasteiger partial charge in [0.1, 0.15) is 0 Å². The van der Waals surface area contributed by atoms with Gasteiger partial charge in [0.2, 0.25) is 0 Å². The highest BCUT2D eigenvalue weighted by atomic mass is 15.2. The van der Waals surface area contributed by atoms with E-state index in [0.29, 0.717) is 6.04 Å². The lowest BCUT2D eigenvalue weighted by atomic mass is 9.96. The molecule has 2 rings (SSSR count). The normalized spacial score (nSPS) is 22.9. The molecule has 1 aromatic carbocycles. The van der Waals surface area contributed by atoms with Crippen molar-refractivity contribution in [1.29, 1.82) is 0 Å². The predicted octanol–water partition coefficient (Wildman–Crippen LogP) is 3.46. The van der Waals surface area contributed by atoms with Crippen molar-refractivity contribution in [2.45, 2.75) is 58.0 Å². The Balaban J connectivity index is 1.99. The highest BCUT2D eigenvalue weighted by Gasteiger charge is 2.24. The van der Waals surface area contributed by atoms with Crippen LogP contribution in [0.1, 0.15) is 45.1 Å². The van der Waals surface area contributed by atoms with Gasteiger partial charge in [-0.2, -0.15) is 0 Å². The van der Waals surface area contributed by atoms with E-state index in [1.807, 2.05) is 6.07 Å². The zero-order valence-electron chi connectivity index (χ0n) is 11.7. The standard InChI is InChI=1S/C16H26N2/c1-3-16-9-4-5-10-18(16)13(2)11-14-7-6-8-15(17)12-14/h6-8,12-13,16H,3-5,9-11,17H2,1-2H3. The Kier molecular flexibility index (Phi) is 4.65. The van der Waals surface area contributed by atoms with Gasteiger partial charge < -0.3 is 5.73 Å². The predicted molar refractivity (Wildman–Crippen MR) is 78.7 cm³/mol. The van der Waals surface area contributed by atoms with Crippen LogP contribution < -0.4 is 5.73 Å². The summed E-state index contributed by atoms with van der Waals surface area (Å²) < 4.78 is 0. The van der Waals surface area contributed by atoms with Crippen molar-refractivity contribution in [1.82, 2.24) is 4.90 Å². The molecule has 1 heterocycles. The fourth-order valence-corrected chi connectivity index (χ4v) is 3.22. The quantitative estimate of drug-likeness (QED) is 0.824. The molecule has 0 radical (unpaired) electrons. The molecule has 18 heavy (non-hydrogen) atoms. The zero-order chi connectivity index (χ0) is 13.0. The first-order valence-electron chi connectivity index (χ1n) is 7.31. The third kappa shape index (κ3) is 3.26. The fourth-order valence-electron chi connectivity index (χ4n) is 3.22. The second kappa shape index (κ2) is 6.24. The summed E-state index contributed by atoms with van der Waals surface area (Å²) in [5.74, 6) is 0. The largest absolute Gasteiger partial charge is 0.399 e. The average molecular weight is 246 g/mol. The highest BCUT2D eigenvalue weighted by Crippen LogP contribution is 2.23. The zero-order valence-corrected chi connectivity index (χ0v) is 11.7. The van der Waals surface area contributed by atoms with Crippen LogP contribution in [0, 0.1) is 0 Å². The maximum Gasteiger partial charge on any atom is 0.0316 e. The lowest BCUT2D eigenvalue weighted by Gasteiger charge is -2.39. The van der Waals surface area contributed by atoms with E-state index in [1.54, 1.807) is 0 Å². The first-order chi connectivity index (χ1) is 8.70. The Labute approximate surface area is 111 Å². The molecule has 0 saturated carbocycles. The molecule has 100 valence electrons. The number of hydrogen-bond acceptors (Lipinski definition) is 2. The molecule has 0 spiro atoms. The summed E-state index contributed by atoms with van der Waals surface area (Å²) in [6.07, 6.45) is 6.53. The van der Waals surface area contributed by atoms with E-state index >= 15 is 0 Å². The molecule has 1 aliphatic heterocycles. The SMILES string of the molecule is CCC1CCCCN1C(C)Cc1cccc(N)c1. The molecule has 1 aromatic rings. The van der Waals surface area contributed by atoms with Gasteiger partial charge in [0, 0.05) is 17.8 Å². The second-order valence-electron chi connectivity index (χ2n) is 5.59. The van der Waals surface area contributed by atoms with Crippen LogP contribution in [0.25, 0.3) is 0 Å². The van der Waals surface area contributed by atoms with Crippen LogP contribution >= 0.6 is 0 Å². The van der Waals surface area contributed by atoms with E-state index in [4.69, 9.17) is 5.73 Å². The van der Waals surface area contributed by atoms with E-state index in [1.165, 1.54) is 37.8 Å². The van der Waals surface area contributed by atoms with Crippen molar-refractivity contribution < 1.29 is 0 Å². The molecule has 0 aromatic heterocycles. The lowest BCUT2D eigenvalue weighted by Crippen LogP contribution is -2.45. The number of nitrogen functional groups attached to an aromatic ring is 1. The van der Waals surface area contributed by atoms with E-state index < -0.39 is 0 Å². The Morgan fingerprint density at radius 1 is 1.39 bits per heavy atom. The van der Waals surface area contributed by atoms with Crippen molar-refractivity contribution in [3.05, 3.63) is 29.8 Å². The first kappa shape index (κ1) is 13.4. The molecule has 0 amide bonds. The van der Waals surface area contributed by atoms with Gasteiger partial charge in [-0.3, -0.25) is 4.90 Å². The van der Waals surface area contributed by atoms with Gasteiger partial charge in [-0.15, -0.1) is 0 Å². The summed E-state index contributed by atoms with van der Waals surface area (Å²) in [4.78, 5) is 2.70. The molecule has 1 fully saturated rings. The van der Waals surface area contributed by atoms with E-state index in [9.17, 15) is 0 Å². The van der Waals surface area contributed by atoms with Gasteiger partial charge in [0.25, 0.3) is 0 Å². The van der Waals surface area contributed by atoms with Crippen LogP contribution in [-0.4, -0.2) is 23.5 Å². The molecular formula is C16H26N2. The van der Waals surface area contributed by atoms with Crippen LogP contribution in [0.5, 0.6) is 0 Å². The molecule has 1 saturated heterocycles. The minimum absolute atomic E-state index is 0.622. The molecule has 2 N–H and O–H groups in total. The van der Waals surface area contributed by atoms with E-state index in [2.05, 4.69) is 36.9 Å². The molecule has 2 heteroatoms. The molecule has 0 aliphatic carbocycles. The van der Waals surface area contributed by atoms with Crippen LogP contribution in [0.4, 0.5) is 5.69 Å². The van der Waals surface area contributed by atoms with Crippen molar-refractivity contribution in [2.24, 2.45) is 0 Å². The van der Waals surface area contributed by atoms with Crippen molar-refractivity contribution in [3.63, 3.8) is 0 Å². The summed E-state index contributed by atoms with van der Waals surface area (Å²) in [6.45, 7) is 5.94. The number of nitrogens with zero attached hydrogens (tertiary/aromatic N) is 1. The highest BCUT2D eigenvalue weighted by molar-refractivity contribution is 5.40. The summed E-state index contributed by atoms with van der Waals surface area (Å²) in [7, 11) is 0. The number of piperidine rings is 1. The molecule has 0 bridgehead atoms. The van der Waals surface area contributed by atoms with Gasteiger partial charge in [-0.25, -0.2) is 0 Å². The summed E-state index contributed by atoms with van der Waals surface area (Å²) in [6, 6.07) is 9.74. The third-order valence-electron chi connectivity index (χ3n) is 4.19. The van der Waals surface area contributed by atoms with Crippen LogP contribution in [0.15, 0.2) is 24.3 Å². The van der Waals surface area contributed by atoms with Crippen molar-refractivity contribution in [3.8, 4) is 0 Å². The Hall–Kier alpha value is -1.02. The molecule has 2 unspecified atom stereocenters. The average Bonchev–Trinajstić information content (AvgIpc) is 2.38. The van der Waals surface area contributed by atoms with Gasteiger partial charge in [-0.1, -0.05) is 25.5 Å². The lowest BCUT2D eigenvalue weighted by molar-refractivity contribution is 0.1000. The number of hydrogen-bond donors (Lipinski definition) is 1. The second-order valence-corrected chi connectivity index (χ2v) is 5.59. The summed E-state index contributed by atoms with van der Waals surface area (Å²) >= 11 is 0. The van der Waals surface area contributed by atoms with Gasteiger partial charge in [0.15, 0.2) is 0 Å². The number of likely N-dealkylation sites (tertiary alicyclic amines) is 1. The maximum atomic E-state index is 5.85. The molecular weight excluding hydrogens is 220 g/mol. The van der Waals surface area contributed by atoms with Crippen LogP contribution in [0.3, 0.4) is 0 Å². The van der Waals surface area contributed by atoms with Gasteiger partial charge in [-0.05, 0) is 56.8 Å². The van der Waals surface area contributed by atoms with Crippen LogP contribution in [-0.2, 0) is 6.42 Å². The molecule has 1 aliphatic rings. The number of anilines is 1.